The number of ether oxygens (including phenoxy) is 1. The summed E-state index contributed by atoms with van der Waals surface area (Å²) in [4.78, 5) is 25.7. The molecule has 8 nitrogen and oxygen atoms in total. The zero-order valence-electron chi connectivity index (χ0n) is 13.7. The van der Waals surface area contributed by atoms with Gasteiger partial charge >= 0.3 is 5.97 Å². The smallest absolute Gasteiger partial charge is 0.357 e. The molecule has 0 saturated carbocycles. The Bertz CT molecular complexity index is 864. The van der Waals surface area contributed by atoms with Gasteiger partial charge in [-0.25, -0.2) is 4.79 Å². The van der Waals surface area contributed by atoms with Crippen LogP contribution in [0.4, 0.5) is 11.4 Å². The highest BCUT2D eigenvalue weighted by molar-refractivity contribution is 5.97. The highest BCUT2D eigenvalue weighted by Crippen LogP contribution is 2.26. The van der Waals surface area contributed by atoms with E-state index in [0.29, 0.717) is 18.8 Å². The lowest BCUT2D eigenvalue weighted by Gasteiger charge is -2.27. The molecule has 0 spiro atoms. The molecule has 8 heteroatoms. The number of nitrogen functional groups attached to an aromatic ring is 1. The Labute approximate surface area is 144 Å². The molecule has 1 aliphatic heterocycles. The van der Waals surface area contributed by atoms with Crippen LogP contribution < -0.4 is 16.0 Å². The van der Waals surface area contributed by atoms with Crippen LogP contribution in [0, 0.1) is 11.3 Å². The van der Waals surface area contributed by atoms with E-state index in [4.69, 9.17) is 15.7 Å². The van der Waals surface area contributed by atoms with Crippen molar-refractivity contribution in [1.82, 2.24) is 9.88 Å². The highest BCUT2D eigenvalue weighted by Gasteiger charge is 2.22. The van der Waals surface area contributed by atoms with Crippen LogP contribution >= 0.6 is 0 Å². The van der Waals surface area contributed by atoms with Crippen LogP contribution in [-0.4, -0.2) is 43.2 Å². The summed E-state index contributed by atoms with van der Waals surface area (Å²) in [6.07, 6.45) is 1.49. The van der Waals surface area contributed by atoms with Crippen LogP contribution in [0.1, 0.15) is 16.1 Å². The average Bonchev–Trinajstić information content (AvgIpc) is 2.98. The number of anilines is 2. The molecule has 2 aromatic rings. The number of hydrogen-bond acceptors (Lipinski definition) is 6. The maximum atomic E-state index is 12.0. The summed E-state index contributed by atoms with van der Waals surface area (Å²) in [6.45, 7) is 1.65. The third-order valence-electron chi connectivity index (χ3n) is 4.07. The Hall–Kier alpha value is -3.31. The Morgan fingerprint density at radius 1 is 1.32 bits per heavy atom. The number of rotatable bonds is 3. The zero-order chi connectivity index (χ0) is 18.0. The number of hydrogen-bond donors (Lipinski definition) is 2. The standard InChI is InChI=1S/C17H17N5O3/c1-25-17(24)16-15(19)11(8-18)10-22(16)13-4-2-12(3-5-13)21-7-6-20-9-14(21)23/h2-5,10,20H,6-7,9,19H2,1H3. The first-order valence-corrected chi connectivity index (χ1v) is 7.67. The highest BCUT2D eigenvalue weighted by atomic mass is 16.5. The summed E-state index contributed by atoms with van der Waals surface area (Å²) >= 11 is 0. The topological polar surface area (TPSA) is 113 Å². The van der Waals surface area contributed by atoms with Crippen LogP contribution in [0.2, 0.25) is 0 Å². The van der Waals surface area contributed by atoms with Crippen LogP contribution in [0.15, 0.2) is 30.5 Å². The molecular weight excluding hydrogens is 322 g/mol. The Morgan fingerprint density at radius 3 is 2.60 bits per heavy atom. The van der Waals surface area contributed by atoms with Gasteiger partial charge in [-0.15, -0.1) is 0 Å². The molecule has 0 atom stereocenters. The van der Waals surface area contributed by atoms with Crippen molar-refractivity contribution >= 4 is 23.3 Å². The van der Waals surface area contributed by atoms with Gasteiger partial charge in [-0.2, -0.15) is 5.26 Å². The average molecular weight is 339 g/mol. The van der Waals surface area contributed by atoms with Gasteiger partial charge in [0.2, 0.25) is 5.91 Å². The van der Waals surface area contributed by atoms with E-state index in [2.05, 4.69) is 5.32 Å². The first kappa shape index (κ1) is 16.5. The molecule has 1 amide bonds. The van der Waals surface area contributed by atoms with E-state index in [0.717, 1.165) is 12.2 Å². The predicted octanol–water partition coefficient (Wildman–Crippen LogP) is 0.654. The summed E-state index contributed by atoms with van der Waals surface area (Å²) in [7, 11) is 1.25. The van der Waals surface area contributed by atoms with Gasteiger partial charge in [-0.3, -0.25) is 4.79 Å². The summed E-state index contributed by atoms with van der Waals surface area (Å²) in [5.41, 5.74) is 7.68. The first-order chi connectivity index (χ1) is 12.1. The van der Waals surface area contributed by atoms with Crippen molar-refractivity contribution in [2.24, 2.45) is 0 Å². The van der Waals surface area contributed by atoms with E-state index in [1.165, 1.54) is 17.9 Å². The van der Waals surface area contributed by atoms with Crippen LogP contribution in [0.5, 0.6) is 0 Å². The van der Waals surface area contributed by atoms with Gasteiger partial charge in [0.05, 0.1) is 24.9 Å². The number of carbonyl (C=O) groups is 2. The lowest BCUT2D eigenvalue weighted by atomic mass is 10.2. The number of nitriles is 1. The van der Waals surface area contributed by atoms with Gasteiger partial charge in [-0.1, -0.05) is 0 Å². The molecule has 0 aliphatic carbocycles. The monoisotopic (exact) mass is 339 g/mol. The summed E-state index contributed by atoms with van der Waals surface area (Å²) < 4.78 is 6.28. The van der Waals surface area contributed by atoms with Gasteiger partial charge in [0, 0.05) is 30.7 Å². The second-order valence-corrected chi connectivity index (χ2v) is 5.52. The number of nitrogens with two attached hydrogens (primary N) is 1. The second-order valence-electron chi connectivity index (χ2n) is 5.52. The summed E-state index contributed by atoms with van der Waals surface area (Å²) in [5.74, 6) is -0.619. The van der Waals surface area contributed by atoms with Crippen molar-refractivity contribution in [2.45, 2.75) is 0 Å². The minimum Gasteiger partial charge on any atom is -0.464 e. The van der Waals surface area contributed by atoms with Gasteiger partial charge in [0.25, 0.3) is 0 Å². The number of amides is 1. The molecule has 3 N–H and O–H groups in total. The van der Waals surface area contributed by atoms with Crippen LogP contribution in [0.25, 0.3) is 5.69 Å². The molecule has 3 rings (SSSR count). The fourth-order valence-corrected chi connectivity index (χ4v) is 2.79. The molecule has 1 saturated heterocycles. The molecule has 1 fully saturated rings. The first-order valence-electron chi connectivity index (χ1n) is 7.67. The number of esters is 1. The van der Waals surface area contributed by atoms with E-state index in [-0.39, 0.29) is 22.9 Å². The summed E-state index contributed by atoms with van der Waals surface area (Å²) in [5, 5.41) is 12.2. The Balaban J connectivity index is 1.99. The van der Waals surface area contributed by atoms with Gasteiger partial charge in [0.15, 0.2) is 5.69 Å². The largest absolute Gasteiger partial charge is 0.464 e. The molecule has 2 heterocycles. The van der Waals surface area contributed by atoms with E-state index in [1.807, 2.05) is 6.07 Å². The molecule has 1 aliphatic rings. The Morgan fingerprint density at radius 2 is 2.00 bits per heavy atom. The lowest BCUT2D eigenvalue weighted by Crippen LogP contribution is -2.48. The van der Waals surface area contributed by atoms with Crippen molar-refractivity contribution in [1.29, 1.82) is 5.26 Å². The van der Waals surface area contributed by atoms with Gasteiger partial charge in [0.1, 0.15) is 6.07 Å². The lowest BCUT2D eigenvalue weighted by molar-refractivity contribution is -0.118. The number of nitrogens with one attached hydrogen (secondary N) is 1. The number of aromatic nitrogens is 1. The van der Waals surface area contributed by atoms with Crippen molar-refractivity contribution in [3.63, 3.8) is 0 Å². The van der Waals surface area contributed by atoms with Crippen LogP contribution in [0.3, 0.4) is 0 Å². The van der Waals surface area contributed by atoms with Crippen LogP contribution in [-0.2, 0) is 9.53 Å². The maximum Gasteiger partial charge on any atom is 0.357 e. The van der Waals surface area contributed by atoms with Crippen molar-refractivity contribution < 1.29 is 14.3 Å². The van der Waals surface area contributed by atoms with Gasteiger partial charge < -0.3 is 25.3 Å². The number of nitrogens with zero attached hydrogens (tertiary/aromatic N) is 3. The van der Waals surface area contributed by atoms with E-state index < -0.39 is 5.97 Å². The molecule has 1 aromatic carbocycles. The predicted molar refractivity (Wildman–Crippen MR) is 91.5 cm³/mol. The van der Waals surface area contributed by atoms with E-state index in [1.54, 1.807) is 29.2 Å². The molecule has 0 unspecified atom stereocenters. The Kier molecular flexibility index (Phi) is 4.41. The fraction of sp³-hybridized carbons (Fsp3) is 0.235. The third kappa shape index (κ3) is 2.93. The van der Waals surface area contributed by atoms with Crippen molar-refractivity contribution in [3.05, 3.63) is 41.7 Å². The van der Waals surface area contributed by atoms with Crippen molar-refractivity contribution in [2.75, 3.05) is 37.4 Å². The number of methoxy groups -OCH3 is 1. The summed E-state index contributed by atoms with van der Waals surface area (Å²) in [6, 6.07) is 9.07. The minimum absolute atomic E-state index is 0.00576. The normalized spacial score (nSPS) is 14.2. The van der Waals surface area contributed by atoms with Crippen molar-refractivity contribution in [3.8, 4) is 11.8 Å². The minimum atomic E-state index is -0.625. The maximum absolute atomic E-state index is 12.0. The fourth-order valence-electron chi connectivity index (χ4n) is 2.79. The molecule has 128 valence electrons. The third-order valence-corrected chi connectivity index (χ3v) is 4.07. The van der Waals surface area contributed by atoms with E-state index >= 15 is 0 Å². The number of benzene rings is 1. The quantitative estimate of drug-likeness (QED) is 0.794. The zero-order valence-corrected chi connectivity index (χ0v) is 13.7. The molecule has 0 radical (unpaired) electrons. The molecular formula is C17H17N5O3. The molecule has 25 heavy (non-hydrogen) atoms. The van der Waals surface area contributed by atoms with E-state index in [9.17, 15) is 9.59 Å². The SMILES string of the molecule is COC(=O)c1c(N)c(C#N)cn1-c1ccc(N2CCNCC2=O)cc1. The second kappa shape index (κ2) is 6.67. The molecule has 1 aromatic heterocycles. The van der Waals surface area contributed by atoms with Gasteiger partial charge in [-0.05, 0) is 24.3 Å². The number of piperazine rings is 1. The molecule has 0 bridgehead atoms. The number of carbonyl (C=O) groups excluding carboxylic acids is 2.